The third-order valence-corrected chi connectivity index (χ3v) is 5.24. The fraction of sp³-hybridized carbons (Fsp3) is 0.533. The van der Waals surface area contributed by atoms with Crippen LogP contribution in [0.5, 0.6) is 0 Å². The van der Waals surface area contributed by atoms with Crippen molar-refractivity contribution in [1.29, 1.82) is 5.26 Å². The van der Waals surface area contributed by atoms with E-state index in [2.05, 4.69) is 11.4 Å². The molecular formula is C15H17N3. The number of nitrogens with two attached hydrogens (primary N) is 1. The number of hydrogen-bond acceptors (Lipinski definition) is 3. The van der Waals surface area contributed by atoms with Crippen molar-refractivity contribution in [3.63, 3.8) is 0 Å². The van der Waals surface area contributed by atoms with Crippen LogP contribution >= 0.6 is 0 Å². The number of nitriles is 1. The Morgan fingerprint density at radius 1 is 1.22 bits per heavy atom. The van der Waals surface area contributed by atoms with Crippen LogP contribution in [0.3, 0.4) is 0 Å². The van der Waals surface area contributed by atoms with Crippen LogP contribution < -0.4 is 11.1 Å². The van der Waals surface area contributed by atoms with Gasteiger partial charge in [-0.2, -0.15) is 5.26 Å². The minimum Gasteiger partial charge on any atom is -0.398 e. The summed E-state index contributed by atoms with van der Waals surface area (Å²) in [6, 6.07) is 8.46. The van der Waals surface area contributed by atoms with Crippen molar-refractivity contribution in [2.45, 2.75) is 25.3 Å². The van der Waals surface area contributed by atoms with Crippen molar-refractivity contribution in [2.24, 2.45) is 23.7 Å². The average molecular weight is 239 g/mol. The molecule has 1 aromatic carbocycles. The lowest BCUT2D eigenvalue weighted by molar-refractivity contribution is 0.456. The lowest BCUT2D eigenvalue weighted by atomic mass is 10.0. The Hall–Kier alpha value is -1.69. The van der Waals surface area contributed by atoms with Gasteiger partial charge in [-0.05, 0) is 61.1 Å². The Labute approximate surface area is 107 Å². The maximum Gasteiger partial charge on any atom is 0.101 e. The van der Waals surface area contributed by atoms with Gasteiger partial charge in [-0.3, -0.25) is 0 Å². The molecule has 3 nitrogen and oxygen atoms in total. The van der Waals surface area contributed by atoms with E-state index in [0.717, 1.165) is 29.4 Å². The van der Waals surface area contributed by atoms with Crippen molar-refractivity contribution in [2.75, 3.05) is 11.1 Å². The van der Waals surface area contributed by atoms with Crippen molar-refractivity contribution in [1.82, 2.24) is 0 Å². The van der Waals surface area contributed by atoms with E-state index in [9.17, 15) is 0 Å². The molecule has 4 atom stereocenters. The molecule has 0 aromatic heterocycles. The Kier molecular flexibility index (Phi) is 1.94. The van der Waals surface area contributed by atoms with Gasteiger partial charge in [-0.25, -0.2) is 0 Å². The minimum absolute atomic E-state index is 0.566. The minimum atomic E-state index is 0.566. The molecule has 4 unspecified atom stereocenters. The Balaban J connectivity index is 1.51. The van der Waals surface area contributed by atoms with Gasteiger partial charge in [0, 0.05) is 11.7 Å². The summed E-state index contributed by atoms with van der Waals surface area (Å²) in [5.74, 6) is 3.79. The summed E-state index contributed by atoms with van der Waals surface area (Å²) in [6.07, 6.45) is 4.36. The SMILES string of the molecule is N#Cc1ccc(NC2C3C4CCC(C4)C23)cc1N. The molecule has 3 heteroatoms. The van der Waals surface area contributed by atoms with E-state index in [-0.39, 0.29) is 0 Å². The number of nitrogens with zero attached hydrogens (tertiary/aromatic N) is 1. The van der Waals surface area contributed by atoms with Gasteiger partial charge in [0.1, 0.15) is 6.07 Å². The predicted octanol–water partition coefficient (Wildman–Crippen LogP) is 2.60. The van der Waals surface area contributed by atoms with Gasteiger partial charge in [0.15, 0.2) is 0 Å². The molecule has 92 valence electrons. The standard InChI is InChI=1S/C15H17N3/c16-7-10-3-4-11(6-12(10)17)18-15-13-8-1-2-9(5-8)14(13)15/h3-4,6,8-9,13-15,18H,1-2,5,17H2. The fourth-order valence-electron chi connectivity index (χ4n) is 4.47. The summed E-state index contributed by atoms with van der Waals surface area (Å²) >= 11 is 0. The number of hydrogen-bond donors (Lipinski definition) is 2. The summed E-state index contributed by atoms with van der Waals surface area (Å²) in [5, 5.41) is 12.5. The van der Waals surface area contributed by atoms with Gasteiger partial charge in [-0.1, -0.05) is 0 Å². The smallest absolute Gasteiger partial charge is 0.101 e. The lowest BCUT2D eigenvalue weighted by Gasteiger charge is -2.12. The zero-order valence-electron chi connectivity index (χ0n) is 10.3. The number of benzene rings is 1. The Morgan fingerprint density at radius 3 is 2.56 bits per heavy atom. The van der Waals surface area contributed by atoms with Crippen LogP contribution in [0.25, 0.3) is 0 Å². The highest BCUT2D eigenvalue weighted by molar-refractivity contribution is 5.63. The fourth-order valence-corrected chi connectivity index (χ4v) is 4.47. The van der Waals surface area contributed by atoms with Crippen LogP contribution in [0, 0.1) is 35.0 Å². The summed E-state index contributed by atoms with van der Waals surface area (Å²) in [5.41, 5.74) is 8.07. The highest BCUT2D eigenvalue weighted by Crippen LogP contribution is 2.66. The van der Waals surface area contributed by atoms with Gasteiger partial charge in [0.25, 0.3) is 0 Å². The van der Waals surface area contributed by atoms with E-state index in [1.165, 1.54) is 19.3 Å². The van der Waals surface area contributed by atoms with Gasteiger partial charge in [0.2, 0.25) is 0 Å². The van der Waals surface area contributed by atoms with E-state index in [1.807, 2.05) is 18.2 Å². The van der Waals surface area contributed by atoms with Crippen molar-refractivity contribution in [3.05, 3.63) is 23.8 Å². The predicted molar refractivity (Wildman–Crippen MR) is 70.8 cm³/mol. The molecule has 0 spiro atoms. The molecule has 0 amide bonds. The Morgan fingerprint density at radius 2 is 1.94 bits per heavy atom. The first kappa shape index (κ1) is 10.3. The maximum atomic E-state index is 8.86. The van der Waals surface area contributed by atoms with E-state index in [0.29, 0.717) is 17.3 Å². The second kappa shape index (κ2) is 3.41. The molecule has 0 saturated heterocycles. The molecule has 3 aliphatic rings. The molecular weight excluding hydrogens is 222 g/mol. The van der Waals surface area contributed by atoms with Crippen LogP contribution in [0.15, 0.2) is 18.2 Å². The molecule has 0 heterocycles. The zero-order chi connectivity index (χ0) is 12.3. The zero-order valence-corrected chi connectivity index (χ0v) is 10.3. The van der Waals surface area contributed by atoms with Gasteiger partial charge in [0.05, 0.1) is 11.3 Å². The largest absolute Gasteiger partial charge is 0.398 e. The number of fused-ring (bicyclic) bond motifs is 5. The highest BCUT2D eigenvalue weighted by atomic mass is 15.0. The lowest BCUT2D eigenvalue weighted by Crippen LogP contribution is -2.12. The topological polar surface area (TPSA) is 61.8 Å². The van der Waals surface area contributed by atoms with Crippen molar-refractivity contribution < 1.29 is 0 Å². The van der Waals surface area contributed by atoms with Crippen LogP contribution in [0.4, 0.5) is 11.4 Å². The van der Waals surface area contributed by atoms with E-state index in [1.54, 1.807) is 0 Å². The number of nitrogen functional groups attached to an aromatic ring is 1. The molecule has 0 aliphatic heterocycles. The van der Waals surface area contributed by atoms with Gasteiger partial charge in [-0.15, -0.1) is 0 Å². The van der Waals surface area contributed by atoms with Crippen molar-refractivity contribution in [3.8, 4) is 6.07 Å². The van der Waals surface area contributed by atoms with E-state index in [4.69, 9.17) is 11.0 Å². The number of anilines is 2. The van der Waals surface area contributed by atoms with Crippen molar-refractivity contribution >= 4 is 11.4 Å². The molecule has 3 fully saturated rings. The third kappa shape index (κ3) is 1.29. The number of nitrogens with one attached hydrogen (secondary N) is 1. The van der Waals surface area contributed by atoms with Crippen LogP contribution in [-0.2, 0) is 0 Å². The quantitative estimate of drug-likeness (QED) is 0.780. The first-order valence-corrected chi connectivity index (χ1v) is 6.84. The van der Waals surface area contributed by atoms with Crippen LogP contribution in [-0.4, -0.2) is 6.04 Å². The molecule has 18 heavy (non-hydrogen) atoms. The Bertz CT molecular complexity index is 529. The molecule has 3 N–H and O–H groups in total. The second-order valence-electron chi connectivity index (χ2n) is 6.07. The summed E-state index contributed by atoms with van der Waals surface area (Å²) in [7, 11) is 0. The maximum absolute atomic E-state index is 8.86. The monoisotopic (exact) mass is 239 g/mol. The van der Waals surface area contributed by atoms with E-state index >= 15 is 0 Å². The van der Waals surface area contributed by atoms with Crippen LogP contribution in [0.1, 0.15) is 24.8 Å². The normalized spacial score (nSPS) is 39.2. The second-order valence-corrected chi connectivity index (χ2v) is 6.07. The molecule has 2 bridgehead atoms. The van der Waals surface area contributed by atoms with E-state index < -0.39 is 0 Å². The molecule has 3 aliphatic carbocycles. The summed E-state index contributed by atoms with van der Waals surface area (Å²) in [4.78, 5) is 0. The van der Waals surface area contributed by atoms with Gasteiger partial charge >= 0.3 is 0 Å². The first-order chi connectivity index (χ1) is 8.78. The summed E-state index contributed by atoms with van der Waals surface area (Å²) < 4.78 is 0. The number of rotatable bonds is 2. The highest BCUT2D eigenvalue weighted by Gasteiger charge is 2.64. The molecule has 3 saturated carbocycles. The van der Waals surface area contributed by atoms with Crippen LogP contribution in [0.2, 0.25) is 0 Å². The summed E-state index contributed by atoms with van der Waals surface area (Å²) in [6.45, 7) is 0. The molecule has 0 radical (unpaired) electrons. The molecule has 4 rings (SSSR count). The molecule has 1 aromatic rings. The van der Waals surface area contributed by atoms with Gasteiger partial charge < -0.3 is 11.1 Å². The third-order valence-electron chi connectivity index (χ3n) is 5.24. The first-order valence-electron chi connectivity index (χ1n) is 6.84. The average Bonchev–Trinajstić information content (AvgIpc) is 2.77.